The van der Waals surface area contributed by atoms with Crippen molar-refractivity contribution in [1.29, 1.82) is 0 Å². The number of amides is 5. The number of nitrogens with one attached hydrogen (secondary N) is 5. The molecule has 40 heavy (non-hydrogen) atoms. The topological polar surface area (TPSA) is 203 Å². The Morgan fingerprint density at radius 2 is 1.60 bits per heavy atom. The summed E-state index contributed by atoms with van der Waals surface area (Å²) in [5.41, 5.74) is 0.512. The first kappa shape index (κ1) is 30.6. The largest absolute Gasteiger partial charge is 0.481 e. The molecule has 0 aromatic carbocycles. The predicted octanol–water partition coefficient (Wildman–Crippen LogP) is -0.927. The number of hydrogen-bond donors (Lipinski definition) is 6. The SMILES string of the molecule is CC(C)C[C@H]1NC(=O)[C@H](C(C)C)NC(=O)[C@H]2CCCN2C(=O)[C@H](CC(=O)O)NC(=O)[C@H](Cc2cnc[nH]2)NC1=O. The second-order valence-corrected chi connectivity index (χ2v) is 11.1. The van der Waals surface area contributed by atoms with Gasteiger partial charge in [0, 0.05) is 24.9 Å². The Morgan fingerprint density at radius 1 is 0.950 bits per heavy atom. The fraction of sp³-hybridized carbons (Fsp3) is 0.654. The van der Waals surface area contributed by atoms with Gasteiger partial charge in [-0.1, -0.05) is 27.7 Å². The molecule has 220 valence electrons. The summed E-state index contributed by atoms with van der Waals surface area (Å²) in [4.78, 5) is 86.8. The summed E-state index contributed by atoms with van der Waals surface area (Å²) < 4.78 is 0. The summed E-state index contributed by atoms with van der Waals surface area (Å²) in [6.07, 6.45) is 3.19. The van der Waals surface area contributed by atoms with Crippen LogP contribution in [0.3, 0.4) is 0 Å². The number of aliphatic carboxylic acids is 1. The third kappa shape index (κ3) is 7.79. The summed E-state index contributed by atoms with van der Waals surface area (Å²) in [5, 5.41) is 20.1. The second kappa shape index (κ2) is 13.4. The number of aromatic nitrogens is 2. The number of fused-ring (bicyclic) bond motifs is 1. The van der Waals surface area contributed by atoms with Crippen LogP contribution in [0.1, 0.15) is 59.1 Å². The molecule has 3 rings (SSSR count). The van der Waals surface area contributed by atoms with E-state index in [2.05, 4.69) is 31.2 Å². The van der Waals surface area contributed by atoms with E-state index in [1.807, 2.05) is 13.8 Å². The van der Waals surface area contributed by atoms with Crippen LogP contribution >= 0.6 is 0 Å². The Kier molecular flexibility index (Phi) is 10.2. The number of carbonyl (C=O) groups excluding carboxylic acids is 5. The summed E-state index contributed by atoms with van der Waals surface area (Å²) in [6, 6.07) is -5.65. The minimum Gasteiger partial charge on any atom is -0.481 e. The highest BCUT2D eigenvalue weighted by atomic mass is 16.4. The number of aromatic amines is 1. The number of carbonyl (C=O) groups is 6. The minimum atomic E-state index is -1.48. The van der Waals surface area contributed by atoms with E-state index in [1.165, 1.54) is 17.4 Å². The lowest BCUT2D eigenvalue weighted by atomic mass is 9.99. The van der Waals surface area contributed by atoms with Gasteiger partial charge in [0.1, 0.15) is 30.2 Å². The monoisotopic (exact) mass is 561 g/mol. The molecule has 2 saturated heterocycles. The van der Waals surface area contributed by atoms with Gasteiger partial charge in [-0.05, 0) is 31.1 Å². The normalized spacial score (nSPS) is 26.9. The zero-order valence-electron chi connectivity index (χ0n) is 23.2. The summed E-state index contributed by atoms with van der Waals surface area (Å²) in [5.74, 6) is -4.93. The van der Waals surface area contributed by atoms with Crippen LogP contribution in [0.2, 0.25) is 0 Å². The number of nitrogens with zero attached hydrogens (tertiary/aromatic N) is 2. The van der Waals surface area contributed by atoms with Crippen molar-refractivity contribution in [2.75, 3.05) is 6.54 Å². The van der Waals surface area contributed by atoms with Crippen LogP contribution in [0.15, 0.2) is 12.5 Å². The van der Waals surface area contributed by atoms with Gasteiger partial charge in [0.15, 0.2) is 0 Å². The Labute approximate surface area is 232 Å². The van der Waals surface area contributed by atoms with Crippen LogP contribution in [0.25, 0.3) is 0 Å². The van der Waals surface area contributed by atoms with Gasteiger partial charge in [0.2, 0.25) is 29.5 Å². The summed E-state index contributed by atoms with van der Waals surface area (Å²) in [6.45, 7) is 7.44. The number of rotatable bonds is 7. The summed E-state index contributed by atoms with van der Waals surface area (Å²) in [7, 11) is 0. The Balaban J connectivity index is 2.04. The van der Waals surface area contributed by atoms with E-state index < -0.39 is 72.1 Å². The quantitative estimate of drug-likeness (QED) is 0.245. The molecule has 14 heteroatoms. The van der Waals surface area contributed by atoms with Gasteiger partial charge < -0.3 is 36.3 Å². The number of hydrogen-bond acceptors (Lipinski definition) is 7. The van der Waals surface area contributed by atoms with E-state index in [0.717, 1.165) is 0 Å². The van der Waals surface area contributed by atoms with E-state index in [9.17, 15) is 33.9 Å². The molecule has 0 radical (unpaired) electrons. The molecule has 1 aromatic rings. The lowest BCUT2D eigenvalue weighted by molar-refractivity contribution is -0.146. The van der Waals surface area contributed by atoms with Crippen molar-refractivity contribution >= 4 is 35.5 Å². The molecule has 0 unspecified atom stereocenters. The standard InChI is InChI=1S/C26H39N7O7/c1-13(2)8-16-22(36)29-17(9-15-11-27-12-28-15)23(37)31-18(10-20(34)35)26(40)33-7-5-6-19(33)24(38)32-21(14(3)4)25(39)30-16/h11-14,16-19,21H,5-10H2,1-4H3,(H,27,28)(H,29,36)(H,30,39)(H,31,37)(H,32,38)(H,34,35)/t16-,17+,18+,19-,21+/m1/s1. The van der Waals surface area contributed by atoms with Crippen LogP contribution in [0.4, 0.5) is 0 Å². The van der Waals surface area contributed by atoms with Crippen molar-refractivity contribution in [3.63, 3.8) is 0 Å². The average Bonchev–Trinajstić information content (AvgIpc) is 3.56. The molecular weight excluding hydrogens is 522 g/mol. The lowest BCUT2D eigenvalue weighted by Crippen LogP contribution is -2.59. The van der Waals surface area contributed by atoms with Crippen LogP contribution in [-0.2, 0) is 35.2 Å². The molecule has 14 nitrogen and oxygen atoms in total. The molecule has 3 heterocycles. The first-order valence-electron chi connectivity index (χ1n) is 13.6. The molecular formula is C26H39N7O7. The summed E-state index contributed by atoms with van der Waals surface area (Å²) >= 11 is 0. The molecule has 0 spiro atoms. The molecule has 1 aromatic heterocycles. The maximum absolute atomic E-state index is 13.5. The minimum absolute atomic E-state index is 0.00489. The van der Waals surface area contributed by atoms with E-state index >= 15 is 0 Å². The van der Waals surface area contributed by atoms with Crippen molar-refractivity contribution in [3.05, 3.63) is 18.2 Å². The Hall–Kier alpha value is -3.97. The first-order chi connectivity index (χ1) is 18.9. The molecule has 5 amide bonds. The third-order valence-corrected chi connectivity index (χ3v) is 7.03. The van der Waals surface area contributed by atoms with Gasteiger partial charge >= 0.3 is 5.97 Å². The van der Waals surface area contributed by atoms with Gasteiger partial charge in [0.05, 0.1) is 12.7 Å². The molecule has 0 aliphatic carbocycles. The Morgan fingerprint density at radius 3 is 2.20 bits per heavy atom. The maximum Gasteiger partial charge on any atom is 0.305 e. The first-order valence-corrected chi connectivity index (χ1v) is 13.6. The van der Waals surface area contributed by atoms with E-state index in [0.29, 0.717) is 18.5 Å². The number of carboxylic acids is 1. The number of imidazole rings is 1. The van der Waals surface area contributed by atoms with Gasteiger partial charge in [-0.15, -0.1) is 0 Å². The fourth-order valence-corrected chi connectivity index (χ4v) is 5.00. The molecule has 5 atom stereocenters. The highest BCUT2D eigenvalue weighted by molar-refractivity contribution is 5.99. The average molecular weight is 562 g/mol. The van der Waals surface area contributed by atoms with Gasteiger partial charge in [0.25, 0.3) is 0 Å². The van der Waals surface area contributed by atoms with Gasteiger partial charge in [-0.25, -0.2) is 4.98 Å². The zero-order chi connectivity index (χ0) is 29.6. The maximum atomic E-state index is 13.5. The number of H-pyrrole nitrogens is 1. The van der Waals surface area contributed by atoms with Crippen molar-refractivity contribution < 1.29 is 33.9 Å². The van der Waals surface area contributed by atoms with Crippen LogP contribution in [0.5, 0.6) is 0 Å². The predicted molar refractivity (Wildman–Crippen MR) is 141 cm³/mol. The third-order valence-electron chi connectivity index (χ3n) is 7.03. The van der Waals surface area contributed by atoms with Gasteiger partial charge in [-0.2, -0.15) is 0 Å². The zero-order valence-corrected chi connectivity index (χ0v) is 23.2. The fourth-order valence-electron chi connectivity index (χ4n) is 5.00. The van der Waals surface area contributed by atoms with Crippen molar-refractivity contribution in [1.82, 2.24) is 36.1 Å². The molecule has 2 fully saturated rings. The number of carboxylic acid groups (broad SMARTS) is 1. The van der Waals surface area contributed by atoms with Crippen molar-refractivity contribution in [3.8, 4) is 0 Å². The van der Waals surface area contributed by atoms with Crippen molar-refractivity contribution in [2.45, 2.75) is 90.0 Å². The Bertz CT molecular complexity index is 1100. The van der Waals surface area contributed by atoms with E-state index in [-0.39, 0.29) is 31.2 Å². The van der Waals surface area contributed by atoms with Crippen LogP contribution in [-0.4, -0.2) is 92.2 Å². The van der Waals surface area contributed by atoms with Gasteiger partial charge in [-0.3, -0.25) is 28.8 Å². The van der Waals surface area contributed by atoms with Crippen LogP contribution < -0.4 is 21.3 Å². The highest BCUT2D eigenvalue weighted by Gasteiger charge is 2.41. The molecule has 0 bridgehead atoms. The smallest absolute Gasteiger partial charge is 0.305 e. The van der Waals surface area contributed by atoms with Crippen molar-refractivity contribution in [2.24, 2.45) is 11.8 Å². The van der Waals surface area contributed by atoms with Crippen LogP contribution in [0, 0.1) is 11.8 Å². The van der Waals surface area contributed by atoms with E-state index in [4.69, 9.17) is 0 Å². The van der Waals surface area contributed by atoms with E-state index in [1.54, 1.807) is 13.8 Å². The molecule has 2 aliphatic heterocycles. The second-order valence-electron chi connectivity index (χ2n) is 11.1. The highest BCUT2D eigenvalue weighted by Crippen LogP contribution is 2.21. The lowest BCUT2D eigenvalue weighted by Gasteiger charge is -2.30. The molecule has 6 N–H and O–H groups in total. The molecule has 0 saturated carbocycles. The molecule has 2 aliphatic rings.